The maximum Gasteiger partial charge on any atom is 0 e. The average molecular weight is 465 g/mol. The molecule has 0 aromatic rings. The van der Waals surface area contributed by atoms with Crippen molar-refractivity contribution in [2.75, 3.05) is 6.61 Å². The molecule has 0 amide bonds. The van der Waals surface area contributed by atoms with Crippen LogP contribution in [-0.4, -0.2) is 130 Å². The van der Waals surface area contributed by atoms with Crippen LogP contribution >= 0.6 is 0 Å². The maximum atomic E-state index is 8.17. The monoisotopic (exact) mass is 461 g/mol. The van der Waals surface area contributed by atoms with Crippen LogP contribution in [0.1, 0.15) is 0 Å². The van der Waals surface area contributed by atoms with Crippen molar-refractivity contribution in [3.8, 4) is 0 Å². The standard InChI is InChI=1S/C2H4O.5Ga.4H2O/c1-2-3;;;;;;;;;/h1,3H,2H2;;;;;;4*1H2. The minimum atomic E-state index is 0. The molecule has 10 heteroatoms. The van der Waals surface area contributed by atoms with Crippen molar-refractivity contribution in [3.05, 3.63) is 0 Å². The summed E-state index contributed by atoms with van der Waals surface area (Å²) in [6, 6.07) is 0. The van der Waals surface area contributed by atoms with Crippen LogP contribution in [0.3, 0.4) is 0 Å². The Labute approximate surface area is 131 Å². The first kappa shape index (κ1) is 60.1. The summed E-state index contributed by atoms with van der Waals surface area (Å²) in [6.07, 6.45) is 0. The Morgan fingerprint density at radius 2 is 0.917 bits per heavy atom. The summed E-state index contributed by atoms with van der Waals surface area (Å²) >= 11 is 3.23. The van der Waals surface area contributed by atoms with Crippen LogP contribution < -0.4 is 0 Å². The third-order valence-corrected chi connectivity index (χ3v) is 1.10. The third-order valence-electron chi connectivity index (χ3n) is 0.211. The quantitative estimate of drug-likeness (QED) is 0.379. The average Bonchev–Trinajstić information content (AvgIpc) is 1.38. The van der Waals surface area contributed by atoms with Crippen LogP contribution in [0.15, 0.2) is 0 Å². The molecule has 0 fully saturated rings. The second-order valence-electron chi connectivity index (χ2n) is 0.846. The zero-order chi connectivity index (χ0) is 4.28. The predicted molar refractivity (Wildman–Crippen MR) is 54.1 cm³/mol. The molecule has 9 N–H and O–H groups in total. The molecule has 13 radical (unpaired) electrons. The maximum absolute atomic E-state index is 8.17. The van der Waals surface area contributed by atoms with Gasteiger partial charge in [-0.15, -0.1) is 0 Å². The van der Waals surface area contributed by atoms with Crippen LogP contribution in [0.5, 0.6) is 0 Å². The van der Waals surface area contributed by atoms with E-state index >= 15 is 0 Å². The van der Waals surface area contributed by atoms with Crippen molar-refractivity contribution in [2.24, 2.45) is 0 Å². The van der Waals surface area contributed by atoms with E-state index in [9.17, 15) is 0 Å². The normalized spacial score (nSPS) is 3.83. The molecule has 5 nitrogen and oxygen atoms in total. The summed E-state index contributed by atoms with van der Waals surface area (Å²) in [6.45, 7) is 0.361. The predicted octanol–water partition coefficient (Wildman–Crippen LogP) is -5.38. The van der Waals surface area contributed by atoms with Gasteiger partial charge in [0, 0.05) is 59.4 Å². The second kappa shape index (κ2) is 48.3. The number of aliphatic hydroxyl groups is 1. The van der Waals surface area contributed by atoms with E-state index < -0.39 is 0 Å². The molecule has 0 bridgehead atoms. The van der Waals surface area contributed by atoms with Gasteiger partial charge in [0.25, 0.3) is 0 Å². The first-order valence-corrected chi connectivity index (χ1v) is 4.19. The van der Waals surface area contributed by atoms with Crippen LogP contribution in [0.4, 0.5) is 0 Å². The third kappa shape index (κ3) is 75.1. The SMILES string of the molecule is O.O.O.O.OC[CH]([Ga])[Ga].[Ga].[Ga].[Ga]. The Bertz CT molecular complexity index is 31.8. The molecule has 0 saturated carbocycles. The van der Waals surface area contributed by atoms with Crippen molar-refractivity contribution in [3.63, 3.8) is 0 Å². The van der Waals surface area contributed by atoms with E-state index in [2.05, 4.69) is 0 Å². The van der Waals surface area contributed by atoms with Gasteiger partial charge in [-0.05, 0) is 0 Å². The molecule has 0 aliphatic heterocycles. The fourth-order valence-corrected chi connectivity index (χ4v) is 0. The Kier molecular flexibility index (Phi) is 242. The summed E-state index contributed by atoms with van der Waals surface area (Å²) in [7, 11) is 0. The van der Waals surface area contributed by atoms with Crippen molar-refractivity contribution in [1.29, 1.82) is 0 Å². The zero-order valence-electron chi connectivity index (χ0n) is 6.62. The molecular formula is C2H12Ga5O5. The van der Waals surface area contributed by atoms with E-state index in [0.29, 0.717) is 9.63 Å². The summed E-state index contributed by atoms with van der Waals surface area (Å²) in [5.41, 5.74) is 0. The van der Waals surface area contributed by atoms with Crippen molar-refractivity contribution < 1.29 is 27.0 Å². The van der Waals surface area contributed by atoms with Crippen molar-refractivity contribution >= 4 is 96.6 Å². The molecular weight excluding hydrogens is 453 g/mol. The van der Waals surface area contributed by atoms with Crippen molar-refractivity contribution in [1.82, 2.24) is 0 Å². The molecule has 0 aliphatic rings. The van der Waals surface area contributed by atoms with E-state index in [0.717, 1.165) is 0 Å². The Morgan fingerprint density at radius 3 is 0.917 bits per heavy atom. The Hall–Kier alpha value is 2.98. The molecule has 0 heterocycles. The number of aliphatic hydroxyl groups excluding tert-OH is 1. The summed E-state index contributed by atoms with van der Waals surface area (Å²) < 4.78 is 0.565. The molecule has 0 aliphatic carbocycles. The van der Waals surface area contributed by atoms with Gasteiger partial charge in [-0.1, -0.05) is 0 Å². The molecule has 0 rings (SSSR count). The van der Waals surface area contributed by atoms with Gasteiger partial charge >= 0.3 is 51.9 Å². The van der Waals surface area contributed by atoms with Gasteiger partial charge in [-0.25, -0.2) is 0 Å². The minimum Gasteiger partial charge on any atom is 0 e. The van der Waals surface area contributed by atoms with Crippen LogP contribution in [0, 0.1) is 0 Å². The van der Waals surface area contributed by atoms with E-state index in [1.165, 1.54) is 0 Å². The van der Waals surface area contributed by atoms with E-state index in [1.807, 2.05) is 0 Å². The van der Waals surface area contributed by atoms with E-state index in [1.54, 1.807) is 37.2 Å². The van der Waals surface area contributed by atoms with Gasteiger partial charge < -0.3 is 21.9 Å². The fourth-order valence-electron chi connectivity index (χ4n) is 0. The Morgan fingerprint density at radius 1 is 0.833 bits per heavy atom. The van der Waals surface area contributed by atoms with Gasteiger partial charge in [0.1, 0.15) is 0 Å². The molecule has 0 saturated heterocycles. The number of hydrogen-bond acceptors (Lipinski definition) is 1. The first-order valence-electron chi connectivity index (χ1n) is 1.39. The largest absolute Gasteiger partial charge is 0 e. The Balaban J connectivity index is -0.00000000381. The molecule has 12 heavy (non-hydrogen) atoms. The second-order valence-corrected chi connectivity index (χ2v) is 7.83. The molecule has 0 spiro atoms. The molecule has 0 aromatic carbocycles. The summed E-state index contributed by atoms with van der Waals surface area (Å²) in [5.74, 6) is 0. The molecule has 0 unspecified atom stereocenters. The minimum absolute atomic E-state index is 0. The molecule has 65 valence electrons. The smallest absolute Gasteiger partial charge is 0 e. The van der Waals surface area contributed by atoms with Gasteiger partial charge in [0.15, 0.2) is 0 Å². The fraction of sp³-hybridized carbons (Fsp3) is 1.00. The summed E-state index contributed by atoms with van der Waals surface area (Å²) in [5, 5.41) is 8.17. The molecule has 0 atom stereocenters. The van der Waals surface area contributed by atoms with Crippen LogP contribution in [0.2, 0.25) is 3.03 Å². The topological polar surface area (TPSA) is 146 Å². The van der Waals surface area contributed by atoms with Gasteiger partial charge in [0.2, 0.25) is 0 Å². The van der Waals surface area contributed by atoms with Gasteiger partial charge in [-0.2, -0.15) is 0 Å². The van der Waals surface area contributed by atoms with Crippen LogP contribution in [0.25, 0.3) is 0 Å². The van der Waals surface area contributed by atoms with Crippen molar-refractivity contribution in [2.45, 2.75) is 3.03 Å². The first-order chi connectivity index (χ1) is 2.27. The van der Waals surface area contributed by atoms with E-state index in [4.69, 9.17) is 5.11 Å². The van der Waals surface area contributed by atoms with Gasteiger partial charge in [0.05, 0.1) is 0 Å². The zero-order valence-corrected chi connectivity index (χ0v) is 18.7. The number of hydrogen-bond donors (Lipinski definition) is 1. The van der Waals surface area contributed by atoms with Crippen LogP contribution in [-0.2, 0) is 0 Å². The molecule has 0 aromatic heterocycles. The number of rotatable bonds is 1. The van der Waals surface area contributed by atoms with Gasteiger partial charge in [-0.3, -0.25) is 0 Å². The summed E-state index contributed by atoms with van der Waals surface area (Å²) in [4.78, 5) is 0. The van der Waals surface area contributed by atoms with E-state index in [-0.39, 0.29) is 81.3 Å².